The highest BCUT2D eigenvalue weighted by atomic mass is 14.6. The Morgan fingerprint density at radius 2 is 0.906 bits per heavy atom. The first kappa shape index (κ1) is 20.4. The molecule has 0 saturated heterocycles. The van der Waals surface area contributed by atoms with Gasteiger partial charge in [0.1, 0.15) is 0 Å². The zero-order valence-corrected chi connectivity index (χ0v) is 19.3. The van der Waals surface area contributed by atoms with Crippen molar-refractivity contribution in [2.45, 2.75) is 39.5 Å². The number of anilines is 2. The van der Waals surface area contributed by atoms with Gasteiger partial charge in [-0.1, -0.05) is 72.8 Å². The normalized spacial score (nSPS) is 14.0. The van der Waals surface area contributed by atoms with Gasteiger partial charge in [0.05, 0.1) is 5.41 Å². The van der Waals surface area contributed by atoms with Gasteiger partial charge in [0, 0.05) is 11.4 Å². The van der Waals surface area contributed by atoms with E-state index >= 15 is 0 Å². The van der Waals surface area contributed by atoms with Crippen LogP contribution in [0.1, 0.15) is 55.6 Å². The van der Waals surface area contributed by atoms with Crippen molar-refractivity contribution in [3.8, 4) is 0 Å². The van der Waals surface area contributed by atoms with Crippen molar-refractivity contribution in [2.24, 2.45) is 0 Å². The molecule has 0 aromatic heterocycles. The molecule has 0 fully saturated rings. The Balaban J connectivity index is 2.01. The van der Waals surface area contributed by atoms with E-state index < -0.39 is 5.41 Å². The van der Waals surface area contributed by atoms with Crippen molar-refractivity contribution >= 4 is 11.4 Å². The number of rotatable bonds is 2. The van der Waals surface area contributed by atoms with Crippen LogP contribution in [0, 0.1) is 27.7 Å². The fourth-order valence-corrected chi connectivity index (χ4v) is 5.60. The summed E-state index contributed by atoms with van der Waals surface area (Å²) in [6.45, 7) is 8.44. The molecule has 0 saturated carbocycles. The van der Waals surface area contributed by atoms with Gasteiger partial charge in [-0.25, -0.2) is 0 Å². The summed E-state index contributed by atoms with van der Waals surface area (Å²) in [5, 5.41) is 0. The summed E-state index contributed by atoms with van der Waals surface area (Å²) in [6.07, 6.45) is 0.938. The number of fused-ring (bicyclic) bond motifs is 2. The zero-order chi connectivity index (χ0) is 22.6. The number of nitrogen functional groups attached to an aromatic ring is 2. The van der Waals surface area contributed by atoms with Crippen LogP contribution < -0.4 is 11.5 Å². The molecule has 2 heteroatoms. The first-order valence-electron chi connectivity index (χ1n) is 11.2. The zero-order valence-electron chi connectivity index (χ0n) is 19.3. The third-order valence-corrected chi connectivity index (χ3v) is 7.28. The average molecular weight is 419 g/mol. The van der Waals surface area contributed by atoms with E-state index in [1.165, 1.54) is 33.4 Å². The van der Waals surface area contributed by atoms with E-state index in [0.29, 0.717) is 0 Å². The summed E-state index contributed by atoms with van der Waals surface area (Å²) in [5.41, 5.74) is 26.5. The van der Waals surface area contributed by atoms with Crippen LogP contribution in [0.5, 0.6) is 0 Å². The summed E-state index contributed by atoms with van der Waals surface area (Å²) in [4.78, 5) is 0. The van der Waals surface area contributed by atoms with Gasteiger partial charge in [0.25, 0.3) is 0 Å². The molecule has 0 radical (unpaired) electrons. The van der Waals surface area contributed by atoms with Crippen molar-refractivity contribution in [3.63, 3.8) is 0 Å². The van der Waals surface area contributed by atoms with E-state index in [9.17, 15) is 0 Å². The maximum atomic E-state index is 6.40. The minimum atomic E-state index is -0.433. The molecule has 2 nitrogen and oxygen atoms in total. The predicted molar refractivity (Wildman–Crippen MR) is 135 cm³/mol. The van der Waals surface area contributed by atoms with Crippen molar-refractivity contribution in [2.75, 3.05) is 11.5 Å². The smallest absolute Gasteiger partial charge is 0.0707 e. The molecule has 0 bridgehead atoms. The molecule has 0 amide bonds. The molecule has 32 heavy (non-hydrogen) atoms. The Morgan fingerprint density at radius 1 is 0.562 bits per heavy atom. The molecule has 0 spiro atoms. The lowest BCUT2D eigenvalue weighted by molar-refractivity contribution is 0.700. The molecule has 0 atom stereocenters. The van der Waals surface area contributed by atoms with Gasteiger partial charge in [0.2, 0.25) is 0 Å². The second-order valence-electron chi connectivity index (χ2n) is 9.29. The summed E-state index contributed by atoms with van der Waals surface area (Å²) >= 11 is 0. The van der Waals surface area contributed by atoms with Crippen LogP contribution in [0.15, 0.2) is 72.8 Å². The van der Waals surface area contributed by atoms with E-state index in [0.717, 1.165) is 40.0 Å². The number of hydrogen-bond acceptors (Lipinski definition) is 2. The number of aryl methyl sites for hydroxylation is 4. The summed E-state index contributed by atoms with van der Waals surface area (Å²) in [6, 6.07) is 26.9. The lowest BCUT2D eigenvalue weighted by atomic mass is 9.59. The Labute approximate surface area is 190 Å². The molecule has 4 aromatic carbocycles. The van der Waals surface area contributed by atoms with Crippen LogP contribution >= 0.6 is 0 Å². The minimum absolute atomic E-state index is 0.433. The molecule has 1 aliphatic carbocycles. The summed E-state index contributed by atoms with van der Waals surface area (Å²) < 4.78 is 0. The maximum absolute atomic E-state index is 6.40. The van der Waals surface area contributed by atoms with Gasteiger partial charge in [-0.3, -0.25) is 0 Å². The van der Waals surface area contributed by atoms with Gasteiger partial charge >= 0.3 is 0 Å². The maximum Gasteiger partial charge on any atom is 0.0707 e. The highest BCUT2D eigenvalue weighted by molar-refractivity contribution is 5.71. The van der Waals surface area contributed by atoms with Gasteiger partial charge < -0.3 is 11.5 Å². The minimum Gasteiger partial charge on any atom is -0.398 e. The number of benzene rings is 4. The largest absolute Gasteiger partial charge is 0.398 e. The second-order valence-corrected chi connectivity index (χ2v) is 9.29. The molecule has 0 heterocycles. The van der Waals surface area contributed by atoms with Crippen molar-refractivity contribution in [1.29, 1.82) is 0 Å². The number of hydrogen-bond donors (Lipinski definition) is 2. The Kier molecular flexibility index (Phi) is 4.63. The summed E-state index contributed by atoms with van der Waals surface area (Å²) in [5.74, 6) is 0. The second kappa shape index (κ2) is 7.27. The fraction of sp³-hybridized carbons (Fsp3) is 0.200. The molecule has 1 aliphatic rings. The highest BCUT2D eigenvalue weighted by Gasteiger charge is 2.44. The van der Waals surface area contributed by atoms with Crippen LogP contribution in [-0.4, -0.2) is 0 Å². The van der Waals surface area contributed by atoms with E-state index in [2.05, 4.69) is 100 Å². The first-order chi connectivity index (χ1) is 15.3. The fourth-order valence-electron chi connectivity index (χ4n) is 5.60. The molecule has 4 N–H and O–H groups in total. The molecule has 0 unspecified atom stereocenters. The molecular formula is C30H30N2. The van der Waals surface area contributed by atoms with E-state index in [4.69, 9.17) is 11.5 Å². The lowest BCUT2D eigenvalue weighted by Gasteiger charge is -2.43. The van der Waals surface area contributed by atoms with Crippen molar-refractivity contribution in [1.82, 2.24) is 0 Å². The molecule has 4 aromatic rings. The van der Waals surface area contributed by atoms with E-state index in [-0.39, 0.29) is 0 Å². The van der Waals surface area contributed by atoms with Crippen LogP contribution in [0.2, 0.25) is 0 Å². The lowest BCUT2D eigenvalue weighted by Crippen LogP contribution is -2.36. The Bertz CT molecular complexity index is 1210. The first-order valence-corrected chi connectivity index (χ1v) is 11.2. The van der Waals surface area contributed by atoms with Crippen LogP contribution in [0.4, 0.5) is 11.4 Å². The van der Waals surface area contributed by atoms with Gasteiger partial charge in [0.15, 0.2) is 0 Å². The van der Waals surface area contributed by atoms with Crippen LogP contribution in [-0.2, 0) is 11.8 Å². The molecule has 0 aliphatic heterocycles. The number of nitrogens with two attached hydrogens (primary N) is 2. The van der Waals surface area contributed by atoms with E-state index in [1.807, 2.05) is 0 Å². The quantitative estimate of drug-likeness (QED) is 0.327. The van der Waals surface area contributed by atoms with Gasteiger partial charge in [-0.05, 0) is 89.8 Å². The standard InChI is InChI=1S/C30H30N2/c1-18-13-24(14-19(2)28(18)31)30(25-15-20(3)29(32)21(4)16-25)26-11-7-5-9-22(26)17-23-10-6-8-12-27(23)30/h5-16H,17,31-32H2,1-4H3. The van der Waals surface area contributed by atoms with E-state index in [1.54, 1.807) is 0 Å². The Morgan fingerprint density at radius 3 is 1.28 bits per heavy atom. The average Bonchev–Trinajstić information content (AvgIpc) is 2.78. The topological polar surface area (TPSA) is 52.0 Å². The summed E-state index contributed by atoms with van der Waals surface area (Å²) in [7, 11) is 0. The highest BCUT2D eigenvalue weighted by Crippen LogP contribution is 2.52. The van der Waals surface area contributed by atoms with Gasteiger partial charge in [-0.15, -0.1) is 0 Å². The monoisotopic (exact) mass is 418 g/mol. The van der Waals surface area contributed by atoms with Crippen molar-refractivity contribution in [3.05, 3.63) is 128 Å². The SMILES string of the molecule is Cc1cc(C2(c3cc(C)c(N)c(C)c3)c3ccccc3Cc3ccccc32)cc(C)c1N. The third-order valence-electron chi connectivity index (χ3n) is 7.28. The molecular weight excluding hydrogens is 388 g/mol. The van der Waals surface area contributed by atoms with Crippen molar-refractivity contribution < 1.29 is 0 Å². The predicted octanol–water partition coefficient (Wildman–Crippen LogP) is 6.37. The third kappa shape index (κ3) is 2.79. The molecule has 160 valence electrons. The van der Waals surface area contributed by atoms with Crippen LogP contribution in [0.25, 0.3) is 0 Å². The van der Waals surface area contributed by atoms with Crippen LogP contribution in [0.3, 0.4) is 0 Å². The van der Waals surface area contributed by atoms with Gasteiger partial charge in [-0.2, -0.15) is 0 Å². The molecule has 5 rings (SSSR count). The Hall–Kier alpha value is -3.52.